The van der Waals surface area contributed by atoms with Crippen LogP contribution in [-0.2, 0) is 0 Å². The first-order chi connectivity index (χ1) is 12.8. The van der Waals surface area contributed by atoms with Crippen molar-refractivity contribution >= 4 is 0 Å². The van der Waals surface area contributed by atoms with E-state index in [1.54, 1.807) is 0 Å². The van der Waals surface area contributed by atoms with E-state index in [4.69, 9.17) is 0 Å². The van der Waals surface area contributed by atoms with Crippen LogP contribution in [0.5, 0.6) is 0 Å². The van der Waals surface area contributed by atoms with Crippen molar-refractivity contribution in [1.29, 1.82) is 0 Å². The zero-order valence-electron chi connectivity index (χ0n) is 14.4. The molecule has 1 fully saturated rings. The summed E-state index contributed by atoms with van der Waals surface area (Å²) in [6.07, 6.45) is 16.4. The molecule has 0 unspecified atom stereocenters. The molecular weight excluding hydrogens is 328 g/mol. The first kappa shape index (κ1) is 15.6. The van der Waals surface area contributed by atoms with Gasteiger partial charge in [0.05, 0.1) is 13.3 Å². The third kappa shape index (κ3) is 3.36. The van der Waals surface area contributed by atoms with Crippen LogP contribution in [-0.4, -0.2) is 78.7 Å². The second-order valence-corrected chi connectivity index (χ2v) is 6.53. The largest absolute Gasteiger partial charge is 0.344 e. The molecule has 0 amide bonds. The minimum Gasteiger partial charge on any atom is -0.344 e. The van der Waals surface area contributed by atoms with Crippen molar-refractivity contribution < 1.29 is 0 Å². The molecule has 0 aromatic rings. The van der Waals surface area contributed by atoms with Gasteiger partial charge < -0.3 is 39.2 Å². The highest BCUT2D eigenvalue weighted by Gasteiger charge is 2.24. The first-order valence-corrected chi connectivity index (χ1v) is 8.72. The summed E-state index contributed by atoms with van der Waals surface area (Å²) in [6, 6.07) is 0. The van der Waals surface area contributed by atoms with Crippen molar-refractivity contribution in [3.63, 3.8) is 0 Å². The second-order valence-electron chi connectivity index (χ2n) is 6.53. The smallest absolute Gasteiger partial charge is 0.209 e. The predicted molar refractivity (Wildman–Crippen MR) is 93.4 cm³/mol. The standard InChI is InChI=1S/C18H20N8/c1-2-20-6-10-24(14-20)18-26-12-8-22(16-26)4-3-21-7-11-25(15-21)17-23-9-5-19(1)13-23/h5-12H,1-4,17-18H2. The van der Waals surface area contributed by atoms with Crippen molar-refractivity contribution in [1.82, 2.24) is 39.2 Å². The van der Waals surface area contributed by atoms with Crippen LogP contribution in [0.15, 0.2) is 49.6 Å². The number of fused-ring (bicyclic) bond motifs is 8. The predicted octanol–water partition coefficient (Wildman–Crippen LogP) is 0.255. The van der Waals surface area contributed by atoms with Gasteiger partial charge in [0.1, 0.15) is 0 Å². The Morgan fingerprint density at radius 2 is 0.577 bits per heavy atom. The maximum Gasteiger partial charge on any atom is 0.209 e. The van der Waals surface area contributed by atoms with Gasteiger partial charge in [-0.25, -0.2) is 0 Å². The maximum atomic E-state index is 3.35. The van der Waals surface area contributed by atoms with Gasteiger partial charge in [-0.3, -0.25) is 0 Å². The van der Waals surface area contributed by atoms with Gasteiger partial charge in [-0.1, -0.05) is 0 Å². The van der Waals surface area contributed by atoms with Crippen molar-refractivity contribution in [3.05, 3.63) is 76.3 Å². The van der Waals surface area contributed by atoms with Gasteiger partial charge in [-0.2, -0.15) is 0 Å². The highest BCUT2D eigenvalue weighted by molar-refractivity contribution is 5.05. The third-order valence-electron chi connectivity index (χ3n) is 4.51. The molecule has 0 saturated carbocycles. The van der Waals surface area contributed by atoms with Crippen molar-refractivity contribution in [3.8, 4) is 0 Å². The topological polar surface area (TPSA) is 25.9 Å². The average Bonchev–Trinajstić information content (AvgIpc) is 3.40. The van der Waals surface area contributed by atoms with Crippen LogP contribution in [0.2, 0.25) is 0 Å². The first-order valence-electron chi connectivity index (χ1n) is 8.72. The molecule has 5 rings (SSSR count). The van der Waals surface area contributed by atoms with E-state index in [2.05, 4.69) is 71.1 Å². The zero-order chi connectivity index (χ0) is 17.3. The van der Waals surface area contributed by atoms with Gasteiger partial charge in [-0.05, 0) is 0 Å². The lowest BCUT2D eigenvalue weighted by Crippen LogP contribution is -2.35. The summed E-state index contributed by atoms with van der Waals surface area (Å²) in [6.45, 7) is 18.2. The Bertz CT molecular complexity index is 523. The Morgan fingerprint density at radius 3 is 0.846 bits per heavy atom. The molecule has 5 aliphatic heterocycles. The van der Waals surface area contributed by atoms with Gasteiger partial charge in [0.25, 0.3) is 0 Å². The Hall–Kier alpha value is -2.64. The van der Waals surface area contributed by atoms with Gasteiger partial charge in [-0.15, -0.1) is 0 Å². The van der Waals surface area contributed by atoms with E-state index in [0.717, 1.165) is 26.2 Å². The third-order valence-corrected chi connectivity index (χ3v) is 4.51. The van der Waals surface area contributed by atoms with E-state index in [-0.39, 0.29) is 0 Å². The molecule has 132 valence electrons. The van der Waals surface area contributed by atoms with E-state index in [1.165, 1.54) is 0 Å². The molecule has 8 bridgehead atoms. The summed E-state index contributed by atoms with van der Waals surface area (Å²) in [7, 11) is 0. The van der Waals surface area contributed by atoms with Gasteiger partial charge >= 0.3 is 0 Å². The molecule has 0 N–H and O–H groups in total. The summed E-state index contributed by atoms with van der Waals surface area (Å²) in [4.78, 5) is 16.4. The quantitative estimate of drug-likeness (QED) is 0.615. The zero-order valence-corrected chi connectivity index (χ0v) is 14.4. The molecule has 5 heterocycles. The molecule has 0 aliphatic carbocycles. The highest BCUT2D eigenvalue weighted by Crippen LogP contribution is 2.20. The minimum absolute atomic E-state index is 0.700. The molecule has 0 aromatic carbocycles. The summed E-state index contributed by atoms with van der Waals surface area (Å²) in [5.74, 6) is 0. The Morgan fingerprint density at radius 1 is 0.346 bits per heavy atom. The van der Waals surface area contributed by atoms with E-state index >= 15 is 0 Å². The summed E-state index contributed by atoms with van der Waals surface area (Å²) in [5.41, 5.74) is 0. The molecule has 0 spiro atoms. The minimum atomic E-state index is 0.700. The van der Waals surface area contributed by atoms with E-state index in [9.17, 15) is 0 Å². The van der Waals surface area contributed by atoms with Crippen molar-refractivity contribution in [2.24, 2.45) is 0 Å². The fraction of sp³-hybridized carbons (Fsp3) is 0.333. The lowest BCUT2D eigenvalue weighted by Gasteiger charge is -2.28. The average molecular weight is 348 g/mol. The fourth-order valence-electron chi connectivity index (χ4n) is 3.14. The molecule has 8 heteroatoms. The lowest BCUT2D eigenvalue weighted by molar-refractivity contribution is 0.207. The molecular formula is C18H20N8. The van der Waals surface area contributed by atoms with Crippen LogP contribution in [0.3, 0.4) is 0 Å². The van der Waals surface area contributed by atoms with Crippen molar-refractivity contribution in [2.75, 3.05) is 39.5 Å². The molecule has 5 aliphatic rings. The van der Waals surface area contributed by atoms with Crippen LogP contribution in [0.4, 0.5) is 0 Å². The molecule has 0 aromatic heterocycles. The number of nitrogens with zero attached hydrogens (tertiary/aromatic N) is 8. The van der Waals surface area contributed by atoms with E-state index in [0.29, 0.717) is 13.3 Å². The number of hydrogen-bond donors (Lipinski definition) is 0. The lowest BCUT2D eigenvalue weighted by atomic mass is 10.5. The van der Waals surface area contributed by atoms with Gasteiger partial charge in [0.2, 0.25) is 26.7 Å². The highest BCUT2D eigenvalue weighted by atomic mass is 15.5. The molecule has 8 nitrogen and oxygen atoms in total. The second kappa shape index (κ2) is 6.59. The van der Waals surface area contributed by atoms with Crippen LogP contribution in [0.1, 0.15) is 0 Å². The normalized spacial score (nSPS) is 25.2. The number of hydrogen-bond acceptors (Lipinski definition) is 8. The molecule has 8 radical (unpaired) electrons. The van der Waals surface area contributed by atoms with Crippen LogP contribution < -0.4 is 0 Å². The summed E-state index contributed by atoms with van der Waals surface area (Å²) in [5, 5.41) is 0. The van der Waals surface area contributed by atoms with Crippen LogP contribution in [0, 0.1) is 26.7 Å². The van der Waals surface area contributed by atoms with E-state index in [1.807, 2.05) is 44.4 Å². The van der Waals surface area contributed by atoms with Crippen molar-refractivity contribution in [2.45, 2.75) is 0 Å². The molecule has 26 heavy (non-hydrogen) atoms. The van der Waals surface area contributed by atoms with Crippen LogP contribution >= 0.6 is 0 Å². The van der Waals surface area contributed by atoms with Gasteiger partial charge in [0, 0.05) is 75.8 Å². The fourth-order valence-corrected chi connectivity index (χ4v) is 3.14. The molecule has 0 atom stereocenters. The maximum absolute atomic E-state index is 3.35. The summed E-state index contributed by atoms with van der Waals surface area (Å²) >= 11 is 0. The summed E-state index contributed by atoms with van der Waals surface area (Å²) < 4.78 is 0. The van der Waals surface area contributed by atoms with E-state index < -0.39 is 0 Å². The van der Waals surface area contributed by atoms with Crippen LogP contribution in [0.25, 0.3) is 0 Å². The van der Waals surface area contributed by atoms with Gasteiger partial charge in [0.15, 0.2) is 0 Å². The monoisotopic (exact) mass is 348 g/mol. The Labute approximate surface area is 155 Å². The Balaban J connectivity index is 1.24. The number of rotatable bonds is 0. The Kier molecular flexibility index (Phi) is 3.95. The molecule has 1 saturated heterocycles. The SMILES string of the molecule is [C]1N2C=CN1CN1[C]N(C=C1)CCN1[C]N(C=C1)CN1[C]N(C=C1)CC2.